The summed E-state index contributed by atoms with van der Waals surface area (Å²) in [7, 11) is 0. The Kier molecular flexibility index (Phi) is 4.14. The molecule has 0 aromatic rings. The molecule has 14 heavy (non-hydrogen) atoms. The van der Waals surface area contributed by atoms with Gasteiger partial charge in [0.05, 0.1) is 6.10 Å². The van der Waals surface area contributed by atoms with E-state index in [1.54, 1.807) is 0 Å². The van der Waals surface area contributed by atoms with E-state index in [0.29, 0.717) is 6.10 Å². The Labute approximate surface area is 91.2 Å². The lowest BCUT2D eigenvalue weighted by molar-refractivity contribution is -0.00964. The molecule has 1 saturated carbocycles. The largest absolute Gasteiger partial charge is 0.378 e. The number of thioether (sulfide) groups is 1. The van der Waals surface area contributed by atoms with E-state index in [9.17, 15) is 0 Å². The van der Waals surface area contributed by atoms with E-state index >= 15 is 0 Å². The van der Waals surface area contributed by atoms with Crippen LogP contribution in [-0.4, -0.2) is 36.3 Å². The molecule has 2 rings (SSSR count). The zero-order valence-corrected chi connectivity index (χ0v) is 9.81. The Bertz CT molecular complexity index is 165. The highest BCUT2D eigenvalue weighted by Crippen LogP contribution is 2.27. The fraction of sp³-hybridized carbons (Fsp3) is 1.00. The van der Waals surface area contributed by atoms with Gasteiger partial charge in [-0.2, -0.15) is 11.8 Å². The van der Waals surface area contributed by atoms with Crippen LogP contribution in [-0.2, 0) is 4.74 Å². The van der Waals surface area contributed by atoms with Crippen LogP contribution in [0.5, 0.6) is 0 Å². The molecule has 1 heterocycles. The summed E-state index contributed by atoms with van der Waals surface area (Å²) >= 11 is 2.14. The van der Waals surface area contributed by atoms with Gasteiger partial charge in [0.2, 0.25) is 0 Å². The third-order valence-corrected chi connectivity index (χ3v) is 4.55. The first-order chi connectivity index (χ1) is 6.88. The first kappa shape index (κ1) is 10.8. The van der Waals surface area contributed by atoms with Crippen molar-refractivity contribution in [3.8, 4) is 0 Å². The second-order valence-electron chi connectivity index (χ2n) is 4.29. The van der Waals surface area contributed by atoms with E-state index < -0.39 is 0 Å². The molecule has 1 atom stereocenters. The third kappa shape index (κ3) is 2.88. The van der Waals surface area contributed by atoms with Crippen molar-refractivity contribution < 1.29 is 4.74 Å². The first-order valence-electron chi connectivity index (χ1n) is 5.85. The van der Waals surface area contributed by atoms with Crippen LogP contribution in [0, 0.1) is 0 Å². The molecule has 2 aliphatic rings. The average molecular weight is 215 g/mol. The van der Waals surface area contributed by atoms with Crippen LogP contribution in [0.2, 0.25) is 0 Å². The van der Waals surface area contributed by atoms with Crippen LogP contribution < -0.4 is 5.32 Å². The Hall–Kier alpha value is 0.270. The predicted molar refractivity (Wildman–Crippen MR) is 61.9 cm³/mol. The zero-order valence-electron chi connectivity index (χ0n) is 9.00. The van der Waals surface area contributed by atoms with Crippen molar-refractivity contribution in [3.63, 3.8) is 0 Å². The number of rotatable bonds is 5. The van der Waals surface area contributed by atoms with Crippen LogP contribution in [0.15, 0.2) is 0 Å². The molecule has 0 radical (unpaired) electrons. The molecule has 0 amide bonds. The molecular formula is C11H21NOS. The molecule has 1 saturated heterocycles. The van der Waals surface area contributed by atoms with Crippen molar-refractivity contribution in [2.24, 2.45) is 0 Å². The number of nitrogens with one attached hydrogen (secondary N) is 1. The first-order valence-corrected chi connectivity index (χ1v) is 6.90. The van der Waals surface area contributed by atoms with Crippen LogP contribution >= 0.6 is 11.8 Å². The summed E-state index contributed by atoms with van der Waals surface area (Å²) < 4.78 is 5.53. The minimum atomic E-state index is 0.550. The van der Waals surface area contributed by atoms with Gasteiger partial charge in [-0.05, 0) is 38.4 Å². The Morgan fingerprint density at radius 3 is 2.93 bits per heavy atom. The van der Waals surface area contributed by atoms with Crippen molar-refractivity contribution in [3.05, 3.63) is 0 Å². The second kappa shape index (κ2) is 5.38. The van der Waals surface area contributed by atoms with Crippen molar-refractivity contribution in [2.75, 3.05) is 18.9 Å². The SMILES string of the molecule is CCOC1CC(NCC2CCCS2)C1. The molecule has 0 aromatic carbocycles. The maximum absolute atomic E-state index is 5.53. The van der Waals surface area contributed by atoms with Gasteiger partial charge >= 0.3 is 0 Å². The number of hydrogen-bond donors (Lipinski definition) is 1. The molecule has 1 aliphatic carbocycles. The summed E-state index contributed by atoms with van der Waals surface area (Å²) in [6.45, 7) is 4.17. The van der Waals surface area contributed by atoms with E-state index in [0.717, 1.165) is 17.9 Å². The molecule has 2 fully saturated rings. The molecule has 1 unspecified atom stereocenters. The monoisotopic (exact) mass is 215 g/mol. The van der Waals surface area contributed by atoms with Gasteiger partial charge in [0.15, 0.2) is 0 Å². The highest BCUT2D eigenvalue weighted by molar-refractivity contribution is 8.00. The summed E-state index contributed by atoms with van der Waals surface area (Å²) in [5.41, 5.74) is 0. The minimum Gasteiger partial charge on any atom is -0.378 e. The van der Waals surface area contributed by atoms with Crippen molar-refractivity contribution in [1.29, 1.82) is 0 Å². The van der Waals surface area contributed by atoms with Gasteiger partial charge in [0.1, 0.15) is 0 Å². The van der Waals surface area contributed by atoms with Crippen molar-refractivity contribution in [2.45, 2.75) is 50.0 Å². The zero-order chi connectivity index (χ0) is 9.80. The predicted octanol–water partition coefficient (Wildman–Crippen LogP) is 2.04. The van der Waals surface area contributed by atoms with Gasteiger partial charge in [-0.3, -0.25) is 0 Å². The Balaban J connectivity index is 1.51. The summed E-state index contributed by atoms with van der Waals surface area (Å²) in [6, 6.07) is 0.743. The maximum Gasteiger partial charge on any atom is 0.0604 e. The van der Waals surface area contributed by atoms with Gasteiger partial charge < -0.3 is 10.1 Å². The molecule has 0 spiro atoms. The van der Waals surface area contributed by atoms with E-state index in [-0.39, 0.29) is 0 Å². The normalized spacial score (nSPS) is 37.1. The third-order valence-electron chi connectivity index (χ3n) is 3.16. The standard InChI is InChI=1S/C11H21NOS/c1-2-13-10-6-9(7-10)12-8-11-4-3-5-14-11/h9-12H,2-8H2,1H3. The lowest BCUT2D eigenvalue weighted by Crippen LogP contribution is -2.47. The molecule has 1 N–H and O–H groups in total. The van der Waals surface area contributed by atoms with Crippen LogP contribution in [0.25, 0.3) is 0 Å². The van der Waals surface area contributed by atoms with E-state index in [1.165, 1.54) is 38.0 Å². The van der Waals surface area contributed by atoms with Crippen LogP contribution in [0.3, 0.4) is 0 Å². The Morgan fingerprint density at radius 1 is 1.43 bits per heavy atom. The molecule has 0 aromatic heterocycles. The van der Waals surface area contributed by atoms with Gasteiger partial charge in [-0.15, -0.1) is 0 Å². The highest BCUT2D eigenvalue weighted by atomic mass is 32.2. The molecule has 1 aliphatic heterocycles. The van der Waals surface area contributed by atoms with Gasteiger partial charge in [0.25, 0.3) is 0 Å². The quantitative estimate of drug-likeness (QED) is 0.758. The topological polar surface area (TPSA) is 21.3 Å². The molecule has 0 bridgehead atoms. The van der Waals surface area contributed by atoms with Gasteiger partial charge in [0, 0.05) is 24.4 Å². The van der Waals surface area contributed by atoms with Gasteiger partial charge in [-0.1, -0.05) is 0 Å². The smallest absolute Gasteiger partial charge is 0.0604 e. The van der Waals surface area contributed by atoms with E-state index in [4.69, 9.17) is 4.74 Å². The molecule has 82 valence electrons. The van der Waals surface area contributed by atoms with Crippen LogP contribution in [0.1, 0.15) is 32.6 Å². The summed E-state index contributed by atoms with van der Waals surface area (Å²) in [6.07, 6.45) is 5.84. The van der Waals surface area contributed by atoms with E-state index in [1.807, 2.05) is 0 Å². The molecular weight excluding hydrogens is 194 g/mol. The average Bonchev–Trinajstić information content (AvgIpc) is 2.61. The lowest BCUT2D eigenvalue weighted by atomic mass is 9.89. The molecule has 3 heteroatoms. The van der Waals surface area contributed by atoms with E-state index in [2.05, 4.69) is 24.0 Å². The van der Waals surface area contributed by atoms with Crippen LogP contribution in [0.4, 0.5) is 0 Å². The Morgan fingerprint density at radius 2 is 2.29 bits per heavy atom. The maximum atomic E-state index is 5.53. The second-order valence-corrected chi connectivity index (χ2v) is 5.70. The van der Waals surface area contributed by atoms with Gasteiger partial charge in [-0.25, -0.2) is 0 Å². The fourth-order valence-corrected chi connectivity index (χ4v) is 3.42. The fourth-order valence-electron chi connectivity index (χ4n) is 2.21. The molecule has 2 nitrogen and oxygen atoms in total. The highest BCUT2D eigenvalue weighted by Gasteiger charge is 2.29. The van der Waals surface area contributed by atoms with Crippen molar-refractivity contribution >= 4 is 11.8 Å². The van der Waals surface area contributed by atoms with Crippen molar-refractivity contribution in [1.82, 2.24) is 5.32 Å². The minimum absolute atomic E-state index is 0.550. The lowest BCUT2D eigenvalue weighted by Gasteiger charge is -2.36. The number of hydrogen-bond acceptors (Lipinski definition) is 3. The summed E-state index contributed by atoms with van der Waals surface area (Å²) in [5, 5.41) is 4.54. The summed E-state index contributed by atoms with van der Waals surface area (Å²) in [4.78, 5) is 0. The summed E-state index contributed by atoms with van der Waals surface area (Å²) in [5.74, 6) is 1.37. The number of ether oxygens (including phenoxy) is 1.